The maximum absolute atomic E-state index is 13.7. The molecule has 188 valence electrons. The van der Waals surface area contributed by atoms with Crippen LogP contribution < -0.4 is 4.74 Å². The average molecular weight is 483 g/mol. The van der Waals surface area contributed by atoms with Crippen molar-refractivity contribution in [3.05, 3.63) is 70.5 Å². The number of likely N-dealkylation sites (tertiary alicyclic amines) is 1. The molecule has 3 rings (SSSR count). The second kappa shape index (κ2) is 12.0. The molecule has 1 amide bonds. The van der Waals surface area contributed by atoms with Crippen molar-refractivity contribution >= 4 is 17.4 Å². The average Bonchev–Trinajstić information content (AvgIpc) is 3.10. The summed E-state index contributed by atoms with van der Waals surface area (Å²) in [6.07, 6.45) is 1.96. The van der Waals surface area contributed by atoms with Gasteiger partial charge in [0.05, 0.1) is 18.2 Å². The number of carbonyl (C=O) groups is 2. The molecular formula is C28H35FN2O4. The van der Waals surface area contributed by atoms with Crippen molar-refractivity contribution in [2.45, 2.75) is 46.6 Å². The highest BCUT2D eigenvalue weighted by Crippen LogP contribution is 2.39. The molecule has 0 aliphatic carbocycles. The summed E-state index contributed by atoms with van der Waals surface area (Å²) in [5.74, 6) is -1.35. The molecule has 1 aliphatic heterocycles. The topological polar surface area (TPSA) is 70.1 Å². The molecule has 0 bridgehead atoms. The second-order valence-corrected chi connectivity index (χ2v) is 8.75. The highest BCUT2D eigenvalue weighted by molar-refractivity contribution is 6.46. The molecule has 0 radical (unpaired) electrons. The number of Topliss-reactive ketones (excluding diaryl/α,β-unsaturated/α-hetero) is 1. The lowest BCUT2D eigenvalue weighted by Crippen LogP contribution is -2.38. The fraction of sp³-hybridized carbons (Fsp3) is 0.429. The summed E-state index contributed by atoms with van der Waals surface area (Å²) < 4.78 is 19.5. The monoisotopic (exact) mass is 482 g/mol. The molecule has 1 aliphatic rings. The van der Waals surface area contributed by atoms with Crippen LogP contribution in [-0.4, -0.2) is 59.4 Å². The lowest BCUT2D eigenvalue weighted by molar-refractivity contribution is -0.140. The lowest BCUT2D eigenvalue weighted by atomic mass is 9.94. The largest absolute Gasteiger partial charge is 0.507 e. The number of halogens is 1. The molecule has 6 nitrogen and oxygen atoms in total. The van der Waals surface area contributed by atoms with Crippen LogP contribution in [-0.2, 0) is 9.59 Å². The van der Waals surface area contributed by atoms with Gasteiger partial charge in [0, 0.05) is 18.7 Å². The molecule has 35 heavy (non-hydrogen) atoms. The van der Waals surface area contributed by atoms with E-state index in [-0.39, 0.29) is 11.3 Å². The Balaban J connectivity index is 2.03. The lowest BCUT2D eigenvalue weighted by Gasteiger charge is -2.28. The van der Waals surface area contributed by atoms with Crippen molar-refractivity contribution in [2.24, 2.45) is 0 Å². The van der Waals surface area contributed by atoms with Gasteiger partial charge in [0.25, 0.3) is 11.7 Å². The van der Waals surface area contributed by atoms with Gasteiger partial charge in [0.2, 0.25) is 0 Å². The summed E-state index contributed by atoms with van der Waals surface area (Å²) in [5.41, 5.74) is 1.83. The van der Waals surface area contributed by atoms with Gasteiger partial charge < -0.3 is 19.6 Å². The maximum Gasteiger partial charge on any atom is 0.295 e. The third-order valence-electron chi connectivity index (χ3n) is 6.48. The van der Waals surface area contributed by atoms with Crippen LogP contribution >= 0.6 is 0 Å². The minimum atomic E-state index is -0.799. The van der Waals surface area contributed by atoms with Crippen LogP contribution in [0.2, 0.25) is 0 Å². The number of unbranched alkanes of at least 4 members (excludes halogenated alkanes) is 1. The predicted octanol–water partition coefficient (Wildman–Crippen LogP) is 5.08. The quantitative estimate of drug-likeness (QED) is 0.209. The number of ketones is 1. The minimum Gasteiger partial charge on any atom is -0.507 e. The predicted molar refractivity (Wildman–Crippen MR) is 135 cm³/mol. The number of amides is 1. The van der Waals surface area contributed by atoms with Crippen LogP contribution in [0.5, 0.6) is 5.75 Å². The molecule has 0 aromatic heterocycles. The molecule has 1 N–H and O–H groups in total. The van der Waals surface area contributed by atoms with Gasteiger partial charge in [-0.05, 0) is 67.9 Å². The van der Waals surface area contributed by atoms with Gasteiger partial charge in [0.15, 0.2) is 0 Å². The standard InChI is InChI=1S/C28H35FN2O4/c1-5-8-17-35-23-14-11-21(18-19(23)4)26(32)24-25(20-9-12-22(29)13-10-20)31(28(34)27(24)33)16-15-30(6-2)7-3/h9-14,18,25,32H,5-8,15-17H2,1-4H3/b26-24+/t25-/m1/s1. The van der Waals surface area contributed by atoms with Gasteiger partial charge in [-0.3, -0.25) is 9.59 Å². The Morgan fingerprint density at radius 2 is 1.77 bits per heavy atom. The van der Waals surface area contributed by atoms with Crippen LogP contribution in [0, 0.1) is 12.7 Å². The fourth-order valence-electron chi connectivity index (χ4n) is 4.33. The number of nitrogens with zero attached hydrogens (tertiary/aromatic N) is 2. The molecule has 0 unspecified atom stereocenters. The number of aryl methyl sites for hydroxylation is 1. The summed E-state index contributed by atoms with van der Waals surface area (Å²) in [6, 6.07) is 10.1. The van der Waals surface area contributed by atoms with E-state index in [4.69, 9.17) is 4.74 Å². The van der Waals surface area contributed by atoms with Gasteiger partial charge in [-0.15, -0.1) is 0 Å². The maximum atomic E-state index is 13.7. The van der Waals surface area contributed by atoms with Gasteiger partial charge in [0.1, 0.15) is 17.3 Å². The number of ether oxygens (including phenoxy) is 1. The molecule has 0 spiro atoms. The van der Waals surface area contributed by atoms with Crippen molar-refractivity contribution in [1.29, 1.82) is 0 Å². The highest BCUT2D eigenvalue weighted by Gasteiger charge is 2.46. The van der Waals surface area contributed by atoms with E-state index in [0.29, 0.717) is 36.6 Å². The molecule has 1 saturated heterocycles. The highest BCUT2D eigenvalue weighted by atomic mass is 19.1. The Kier molecular flexibility index (Phi) is 9.04. The Bertz CT molecular complexity index is 1080. The van der Waals surface area contributed by atoms with Crippen LogP contribution in [0.3, 0.4) is 0 Å². The number of aliphatic hydroxyl groups is 1. The fourth-order valence-corrected chi connectivity index (χ4v) is 4.33. The molecule has 1 fully saturated rings. The van der Waals surface area contributed by atoms with Gasteiger partial charge >= 0.3 is 0 Å². The molecular weight excluding hydrogens is 447 g/mol. The Morgan fingerprint density at radius 1 is 1.09 bits per heavy atom. The molecule has 1 atom stereocenters. The Labute approximate surface area is 207 Å². The van der Waals surface area contributed by atoms with Crippen LogP contribution in [0.1, 0.15) is 56.3 Å². The summed E-state index contributed by atoms with van der Waals surface area (Å²) in [6.45, 7) is 11.2. The van der Waals surface area contributed by atoms with E-state index in [0.717, 1.165) is 31.5 Å². The number of benzene rings is 2. The first-order chi connectivity index (χ1) is 16.8. The summed E-state index contributed by atoms with van der Waals surface area (Å²) in [7, 11) is 0. The van der Waals surface area contributed by atoms with Crippen molar-refractivity contribution < 1.29 is 23.8 Å². The zero-order chi connectivity index (χ0) is 25.5. The van der Waals surface area contributed by atoms with Crippen molar-refractivity contribution in [2.75, 3.05) is 32.8 Å². The Morgan fingerprint density at radius 3 is 2.37 bits per heavy atom. The van der Waals surface area contributed by atoms with E-state index in [1.807, 2.05) is 20.8 Å². The number of rotatable bonds is 11. The number of likely N-dealkylation sites (N-methyl/N-ethyl adjacent to an activating group) is 1. The summed E-state index contributed by atoms with van der Waals surface area (Å²) in [5, 5.41) is 11.3. The number of hydrogen-bond donors (Lipinski definition) is 1. The molecule has 2 aromatic rings. The van der Waals surface area contributed by atoms with E-state index in [1.54, 1.807) is 30.3 Å². The van der Waals surface area contributed by atoms with Crippen molar-refractivity contribution in [3.63, 3.8) is 0 Å². The zero-order valence-corrected chi connectivity index (χ0v) is 21.0. The number of hydrogen-bond acceptors (Lipinski definition) is 5. The summed E-state index contributed by atoms with van der Waals surface area (Å²) >= 11 is 0. The van der Waals surface area contributed by atoms with E-state index in [9.17, 15) is 19.1 Å². The normalized spacial score (nSPS) is 17.4. The van der Waals surface area contributed by atoms with E-state index < -0.39 is 23.5 Å². The smallest absolute Gasteiger partial charge is 0.295 e. The first-order valence-corrected chi connectivity index (χ1v) is 12.3. The van der Waals surface area contributed by atoms with Gasteiger partial charge in [-0.2, -0.15) is 0 Å². The van der Waals surface area contributed by atoms with Crippen LogP contribution in [0.4, 0.5) is 4.39 Å². The van der Waals surface area contributed by atoms with Crippen molar-refractivity contribution in [1.82, 2.24) is 9.80 Å². The third kappa shape index (κ3) is 5.90. The van der Waals surface area contributed by atoms with E-state index >= 15 is 0 Å². The molecule has 0 saturated carbocycles. The minimum absolute atomic E-state index is 0.0141. The second-order valence-electron chi connectivity index (χ2n) is 8.75. The van der Waals surface area contributed by atoms with Gasteiger partial charge in [-0.25, -0.2) is 4.39 Å². The molecule has 2 aromatic carbocycles. The van der Waals surface area contributed by atoms with Crippen LogP contribution in [0.25, 0.3) is 5.76 Å². The molecule has 1 heterocycles. The van der Waals surface area contributed by atoms with E-state index in [1.165, 1.54) is 17.0 Å². The zero-order valence-electron chi connectivity index (χ0n) is 21.0. The SMILES string of the molecule is CCCCOc1ccc(/C(O)=C2\C(=O)C(=O)N(CCN(CC)CC)[C@@H]2c2ccc(F)cc2)cc1C. The third-order valence-corrected chi connectivity index (χ3v) is 6.48. The number of carbonyl (C=O) groups excluding carboxylic acids is 2. The molecule has 7 heteroatoms. The van der Waals surface area contributed by atoms with Crippen LogP contribution in [0.15, 0.2) is 48.0 Å². The van der Waals surface area contributed by atoms with E-state index in [2.05, 4.69) is 11.8 Å². The van der Waals surface area contributed by atoms with Gasteiger partial charge in [-0.1, -0.05) is 39.3 Å². The first kappa shape index (κ1) is 26.4. The van der Waals surface area contributed by atoms with Crippen molar-refractivity contribution in [3.8, 4) is 5.75 Å². The summed E-state index contributed by atoms with van der Waals surface area (Å²) in [4.78, 5) is 29.9. The number of aliphatic hydroxyl groups excluding tert-OH is 1. The first-order valence-electron chi connectivity index (χ1n) is 12.3. The Hall–Kier alpha value is -3.19.